The molecule has 30 heavy (non-hydrogen) atoms. The smallest absolute Gasteiger partial charge is 0.223 e. The van der Waals surface area contributed by atoms with Gasteiger partial charge < -0.3 is 15.4 Å². The van der Waals surface area contributed by atoms with Crippen LogP contribution in [0.3, 0.4) is 0 Å². The maximum atomic E-state index is 6.05. The van der Waals surface area contributed by atoms with Crippen molar-refractivity contribution in [3.05, 3.63) is 71.8 Å². The van der Waals surface area contributed by atoms with E-state index >= 15 is 0 Å². The van der Waals surface area contributed by atoms with Crippen LogP contribution in [0.25, 0.3) is 23.4 Å². The third kappa shape index (κ3) is 4.58. The zero-order valence-electron chi connectivity index (χ0n) is 16.6. The van der Waals surface area contributed by atoms with Gasteiger partial charge in [-0.25, -0.2) is 9.97 Å². The van der Waals surface area contributed by atoms with Gasteiger partial charge in [-0.2, -0.15) is 0 Å². The van der Waals surface area contributed by atoms with Crippen LogP contribution >= 0.6 is 11.3 Å². The molecule has 0 saturated heterocycles. The molecule has 7 heteroatoms. The average molecular weight is 418 g/mol. The van der Waals surface area contributed by atoms with Crippen molar-refractivity contribution in [3.63, 3.8) is 0 Å². The molecule has 3 aromatic rings. The van der Waals surface area contributed by atoms with Crippen molar-refractivity contribution >= 4 is 34.6 Å². The molecular formula is C23H23N5OS. The lowest BCUT2D eigenvalue weighted by Gasteiger charge is -2.14. The summed E-state index contributed by atoms with van der Waals surface area (Å²) in [5, 5.41) is 9.25. The molecule has 4 rings (SSSR count). The Morgan fingerprint density at radius 3 is 2.90 bits per heavy atom. The highest BCUT2D eigenvalue weighted by molar-refractivity contribution is 7.14. The summed E-state index contributed by atoms with van der Waals surface area (Å²) < 4.78 is 6.05. The Labute approximate surface area is 180 Å². The van der Waals surface area contributed by atoms with Crippen LogP contribution in [0.15, 0.2) is 60.1 Å². The zero-order chi connectivity index (χ0) is 20.8. The predicted octanol–water partition coefficient (Wildman–Crippen LogP) is 4.83. The van der Waals surface area contributed by atoms with Gasteiger partial charge in [-0.1, -0.05) is 37.4 Å². The summed E-state index contributed by atoms with van der Waals surface area (Å²) >= 11 is 1.52. The highest BCUT2D eigenvalue weighted by atomic mass is 32.1. The summed E-state index contributed by atoms with van der Waals surface area (Å²) in [6.45, 7) is 9.86. The first kappa shape index (κ1) is 19.8. The predicted molar refractivity (Wildman–Crippen MR) is 125 cm³/mol. The van der Waals surface area contributed by atoms with Crippen LogP contribution < -0.4 is 15.4 Å². The van der Waals surface area contributed by atoms with Crippen LogP contribution in [0.1, 0.15) is 23.1 Å². The van der Waals surface area contributed by atoms with Crippen molar-refractivity contribution in [3.8, 4) is 17.1 Å². The number of pyridine rings is 1. The van der Waals surface area contributed by atoms with Gasteiger partial charge in [0.25, 0.3) is 0 Å². The van der Waals surface area contributed by atoms with Gasteiger partial charge >= 0.3 is 0 Å². The second kappa shape index (κ2) is 9.37. The van der Waals surface area contributed by atoms with Gasteiger partial charge in [0, 0.05) is 24.7 Å². The van der Waals surface area contributed by atoms with Crippen LogP contribution in [-0.4, -0.2) is 29.0 Å². The summed E-state index contributed by atoms with van der Waals surface area (Å²) in [5.74, 6) is 1.32. The van der Waals surface area contributed by atoms with Crippen LogP contribution in [0, 0.1) is 0 Å². The van der Waals surface area contributed by atoms with E-state index in [4.69, 9.17) is 4.74 Å². The topological polar surface area (TPSA) is 71.4 Å². The summed E-state index contributed by atoms with van der Waals surface area (Å²) in [6.07, 6.45) is 6.42. The second-order valence-electron chi connectivity index (χ2n) is 6.69. The van der Waals surface area contributed by atoms with Crippen LogP contribution in [0.2, 0.25) is 0 Å². The third-order valence-electron chi connectivity index (χ3n) is 4.64. The number of guanidine groups is 1. The summed E-state index contributed by atoms with van der Waals surface area (Å²) in [7, 11) is 0. The van der Waals surface area contributed by atoms with Crippen molar-refractivity contribution in [2.45, 2.75) is 13.0 Å². The van der Waals surface area contributed by atoms with E-state index in [9.17, 15) is 0 Å². The van der Waals surface area contributed by atoms with Crippen molar-refractivity contribution in [2.24, 2.45) is 4.99 Å². The lowest BCUT2D eigenvalue weighted by molar-refractivity contribution is 0.295. The minimum absolute atomic E-state index is 0.401. The van der Waals surface area contributed by atoms with Gasteiger partial charge in [0.2, 0.25) is 5.88 Å². The highest BCUT2D eigenvalue weighted by Crippen LogP contribution is 2.31. The Bertz CT molecular complexity index is 1090. The number of hydrogen-bond donors (Lipinski definition) is 2. The van der Waals surface area contributed by atoms with E-state index in [2.05, 4.69) is 44.8 Å². The number of rotatable bonds is 7. The third-order valence-corrected chi connectivity index (χ3v) is 5.40. The molecule has 0 fully saturated rings. The first-order valence-electron chi connectivity index (χ1n) is 9.73. The molecule has 0 aliphatic carbocycles. The fourth-order valence-electron chi connectivity index (χ4n) is 3.10. The molecule has 0 saturated carbocycles. The molecule has 0 radical (unpaired) electrons. The SMILES string of the molecule is C=Cc1ccc(COc2ncccc2-c2csc(NC3=NCCCN3)n2)cc1C=C. The fraction of sp³-hybridized carbons (Fsp3) is 0.174. The zero-order valence-corrected chi connectivity index (χ0v) is 17.4. The number of aromatic nitrogens is 2. The molecule has 3 heterocycles. The standard InChI is InChI=1S/C23H23N5OS/c1-3-17-9-8-16(13-18(17)4-2)14-29-21-19(7-5-10-24-21)20-15-30-23(27-20)28-22-25-11-6-12-26-22/h3-5,7-10,13,15H,1-2,6,11-12,14H2,(H2,25,26,27,28). The molecule has 0 bridgehead atoms. The lowest BCUT2D eigenvalue weighted by Crippen LogP contribution is -2.35. The summed E-state index contributed by atoms with van der Waals surface area (Å²) in [4.78, 5) is 13.5. The minimum atomic E-state index is 0.401. The molecule has 1 aliphatic heterocycles. The summed E-state index contributed by atoms with van der Waals surface area (Å²) in [5.41, 5.74) is 4.78. The molecule has 0 atom stereocenters. The number of aliphatic imine (C=N–C) groups is 1. The van der Waals surface area contributed by atoms with Crippen molar-refractivity contribution in [1.82, 2.24) is 15.3 Å². The quantitative estimate of drug-likeness (QED) is 0.576. The highest BCUT2D eigenvalue weighted by Gasteiger charge is 2.13. The average Bonchev–Trinajstić information content (AvgIpc) is 3.26. The number of thiazole rings is 1. The Morgan fingerprint density at radius 2 is 2.10 bits per heavy atom. The van der Waals surface area contributed by atoms with E-state index in [0.29, 0.717) is 12.5 Å². The normalized spacial score (nSPS) is 13.1. The molecule has 6 nitrogen and oxygen atoms in total. The number of hydrogen-bond acceptors (Lipinski definition) is 7. The lowest BCUT2D eigenvalue weighted by atomic mass is 10.0. The number of nitrogens with zero attached hydrogens (tertiary/aromatic N) is 3. The Morgan fingerprint density at radius 1 is 1.20 bits per heavy atom. The Kier molecular flexibility index (Phi) is 6.20. The first-order valence-corrected chi connectivity index (χ1v) is 10.6. The van der Waals surface area contributed by atoms with E-state index in [-0.39, 0.29) is 0 Å². The second-order valence-corrected chi connectivity index (χ2v) is 7.55. The first-order chi connectivity index (χ1) is 14.8. The van der Waals surface area contributed by atoms with E-state index < -0.39 is 0 Å². The minimum Gasteiger partial charge on any atom is -0.472 e. The van der Waals surface area contributed by atoms with E-state index in [1.54, 1.807) is 6.20 Å². The number of anilines is 1. The molecule has 1 aliphatic rings. The maximum Gasteiger partial charge on any atom is 0.223 e. The van der Waals surface area contributed by atoms with Gasteiger partial charge in [0.1, 0.15) is 6.61 Å². The van der Waals surface area contributed by atoms with Crippen LogP contribution in [-0.2, 0) is 6.61 Å². The van der Waals surface area contributed by atoms with Gasteiger partial charge in [0.15, 0.2) is 11.1 Å². The monoisotopic (exact) mass is 417 g/mol. The largest absolute Gasteiger partial charge is 0.472 e. The molecule has 1 aromatic carbocycles. The van der Waals surface area contributed by atoms with Crippen molar-refractivity contribution in [1.29, 1.82) is 0 Å². The molecular weight excluding hydrogens is 394 g/mol. The van der Waals surface area contributed by atoms with E-state index in [1.807, 2.05) is 41.8 Å². The summed E-state index contributed by atoms with van der Waals surface area (Å²) in [6, 6.07) is 9.94. The molecule has 0 spiro atoms. The number of ether oxygens (including phenoxy) is 1. The van der Waals surface area contributed by atoms with Crippen LogP contribution in [0.5, 0.6) is 5.88 Å². The molecule has 2 N–H and O–H groups in total. The molecule has 152 valence electrons. The van der Waals surface area contributed by atoms with Gasteiger partial charge in [-0.05, 0) is 41.3 Å². The Balaban J connectivity index is 1.50. The van der Waals surface area contributed by atoms with Crippen molar-refractivity contribution in [2.75, 3.05) is 18.4 Å². The van der Waals surface area contributed by atoms with Crippen molar-refractivity contribution < 1.29 is 4.74 Å². The molecule has 2 aromatic heterocycles. The van der Waals surface area contributed by atoms with E-state index in [1.165, 1.54) is 11.3 Å². The number of nitrogens with one attached hydrogen (secondary N) is 2. The van der Waals surface area contributed by atoms with E-state index in [0.717, 1.165) is 58.5 Å². The fourth-order valence-corrected chi connectivity index (χ4v) is 3.81. The maximum absolute atomic E-state index is 6.05. The molecule has 0 amide bonds. The van der Waals surface area contributed by atoms with Gasteiger partial charge in [-0.15, -0.1) is 11.3 Å². The van der Waals surface area contributed by atoms with Crippen LogP contribution in [0.4, 0.5) is 5.13 Å². The Hall–Kier alpha value is -3.45. The molecule has 0 unspecified atom stereocenters. The van der Waals surface area contributed by atoms with Gasteiger partial charge in [-0.3, -0.25) is 4.99 Å². The van der Waals surface area contributed by atoms with Gasteiger partial charge in [0.05, 0.1) is 11.3 Å². The number of benzene rings is 1.